The molecule has 0 bridgehead atoms. The van der Waals surface area contributed by atoms with Crippen molar-refractivity contribution in [3.63, 3.8) is 0 Å². The highest BCUT2D eigenvalue weighted by Crippen LogP contribution is 2.59. The zero-order chi connectivity index (χ0) is 14.9. The lowest BCUT2D eigenvalue weighted by atomic mass is 9.88. The van der Waals surface area contributed by atoms with E-state index in [0.717, 1.165) is 38.9 Å². The third-order valence-corrected chi connectivity index (χ3v) is 5.51. The quantitative estimate of drug-likeness (QED) is 0.923. The highest BCUT2D eigenvalue weighted by Gasteiger charge is 2.58. The van der Waals surface area contributed by atoms with Gasteiger partial charge in [-0.3, -0.25) is 4.79 Å². The fourth-order valence-corrected chi connectivity index (χ4v) is 3.58. The third kappa shape index (κ3) is 2.71. The Hall–Kier alpha value is -1.35. The molecular formula is C18H25NO2. The second kappa shape index (κ2) is 5.45. The number of amides is 1. The van der Waals surface area contributed by atoms with Crippen molar-refractivity contribution >= 4 is 5.91 Å². The number of hydrogen-bond acceptors (Lipinski definition) is 2. The number of carbonyl (C=O) groups is 1. The van der Waals surface area contributed by atoms with E-state index in [1.165, 1.54) is 5.56 Å². The van der Waals surface area contributed by atoms with E-state index in [9.17, 15) is 4.79 Å². The fraction of sp³-hybridized carbons (Fsp3) is 0.611. The highest BCUT2D eigenvalue weighted by atomic mass is 16.5. The van der Waals surface area contributed by atoms with Gasteiger partial charge in [0.2, 0.25) is 5.91 Å². The van der Waals surface area contributed by atoms with Gasteiger partial charge in [0.05, 0.1) is 5.54 Å². The van der Waals surface area contributed by atoms with Gasteiger partial charge in [-0.25, -0.2) is 0 Å². The van der Waals surface area contributed by atoms with Crippen LogP contribution in [-0.2, 0) is 15.1 Å². The van der Waals surface area contributed by atoms with Gasteiger partial charge in [0.15, 0.2) is 0 Å². The Morgan fingerprint density at radius 2 is 2.00 bits per heavy atom. The van der Waals surface area contributed by atoms with Crippen LogP contribution >= 0.6 is 0 Å². The Labute approximate surface area is 127 Å². The van der Waals surface area contributed by atoms with E-state index in [2.05, 4.69) is 31.3 Å². The lowest BCUT2D eigenvalue weighted by Gasteiger charge is -2.31. The summed E-state index contributed by atoms with van der Waals surface area (Å²) in [5, 5.41) is 3.31. The fourth-order valence-electron chi connectivity index (χ4n) is 3.58. The average Bonchev–Trinajstić information content (AvgIpc) is 3.22. The summed E-state index contributed by atoms with van der Waals surface area (Å²) in [5.41, 5.74) is 1.16. The minimum Gasteiger partial charge on any atom is -0.381 e. The molecule has 1 aliphatic heterocycles. The standard InChI is InChI=1S/C18H25NO2/c1-3-17(2,14-7-5-4-6-8-14)19-16(20)15-13-18(15)9-11-21-12-10-18/h4-8,15H,3,9-13H2,1-2H3,(H,19,20)/t15-,17-/m1/s1. The molecule has 0 aromatic heterocycles. The van der Waals surface area contributed by atoms with Crippen molar-refractivity contribution < 1.29 is 9.53 Å². The molecule has 1 saturated heterocycles. The Morgan fingerprint density at radius 3 is 2.62 bits per heavy atom. The molecule has 1 aromatic carbocycles. The van der Waals surface area contributed by atoms with Gasteiger partial charge in [-0.05, 0) is 43.6 Å². The van der Waals surface area contributed by atoms with E-state index in [4.69, 9.17) is 4.74 Å². The molecule has 1 aromatic rings. The predicted molar refractivity (Wildman–Crippen MR) is 82.8 cm³/mol. The summed E-state index contributed by atoms with van der Waals surface area (Å²) in [6.45, 7) is 5.88. The van der Waals surface area contributed by atoms with Crippen LogP contribution in [0.15, 0.2) is 30.3 Å². The van der Waals surface area contributed by atoms with Gasteiger partial charge in [0, 0.05) is 19.1 Å². The number of ether oxygens (including phenoxy) is 1. The first-order chi connectivity index (χ1) is 10.1. The third-order valence-electron chi connectivity index (χ3n) is 5.51. The Morgan fingerprint density at radius 1 is 1.33 bits per heavy atom. The van der Waals surface area contributed by atoms with Crippen LogP contribution in [0.25, 0.3) is 0 Å². The van der Waals surface area contributed by atoms with Crippen molar-refractivity contribution in [1.29, 1.82) is 0 Å². The molecule has 1 amide bonds. The summed E-state index contributed by atoms with van der Waals surface area (Å²) in [7, 11) is 0. The maximum atomic E-state index is 12.7. The first kappa shape index (κ1) is 14.6. The van der Waals surface area contributed by atoms with Gasteiger partial charge in [0.25, 0.3) is 0 Å². The molecule has 2 fully saturated rings. The SMILES string of the molecule is CC[C@@](C)(NC(=O)[C@H]1CC12CCOCC2)c1ccccc1. The van der Waals surface area contributed by atoms with Crippen molar-refractivity contribution in [2.75, 3.05) is 13.2 Å². The van der Waals surface area contributed by atoms with Crippen molar-refractivity contribution in [2.24, 2.45) is 11.3 Å². The second-order valence-corrected chi connectivity index (χ2v) is 6.77. The van der Waals surface area contributed by atoms with Gasteiger partial charge < -0.3 is 10.1 Å². The second-order valence-electron chi connectivity index (χ2n) is 6.77. The van der Waals surface area contributed by atoms with E-state index in [1.807, 2.05) is 18.2 Å². The van der Waals surface area contributed by atoms with Crippen LogP contribution in [0.1, 0.15) is 45.1 Å². The van der Waals surface area contributed by atoms with Crippen LogP contribution in [0.2, 0.25) is 0 Å². The lowest BCUT2D eigenvalue weighted by molar-refractivity contribution is -0.125. The zero-order valence-corrected chi connectivity index (χ0v) is 13.0. The molecular weight excluding hydrogens is 262 g/mol. The van der Waals surface area contributed by atoms with Crippen LogP contribution in [0.4, 0.5) is 0 Å². The van der Waals surface area contributed by atoms with Gasteiger partial charge >= 0.3 is 0 Å². The van der Waals surface area contributed by atoms with E-state index < -0.39 is 0 Å². The van der Waals surface area contributed by atoms with Crippen LogP contribution in [-0.4, -0.2) is 19.1 Å². The van der Waals surface area contributed by atoms with E-state index in [1.54, 1.807) is 0 Å². The molecule has 21 heavy (non-hydrogen) atoms. The topological polar surface area (TPSA) is 38.3 Å². The Balaban J connectivity index is 1.69. The van der Waals surface area contributed by atoms with Crippen LogP contribution < -0.4 is 5.32 Å². The number of benzene rings is 1. The molecule has 1 N–H and O–H groups in total. The number of carbonyl (C=O) groups excluding carboxylic acids is 1. The van der Waals surface area contributed by atoms with Crippen LogP contribution in [0, 0.1) is 11.3 Å². The molecule has 3 heteroatoms. The summed E-state index contributed by atoms with van der Waals surface area (Å²) in [6.07, 6.45) is 4.01. The Kier molecular flexibility index (Phi) is 3.78. The average molecular weight is 287 g/mol. The molecule has 3 rings (SSSR count). The van der Waals surface area contributed by atoms with E-state index in [-0.39, 0.29) is 22.8 Å². The van der Waals surface area contributed by atoms with E-state index >= 15 is 0 Å². The smallest absolute Gasteiger partial charge is 0.224 e. The largest absolute Gasteiger partial charge is 0.381 e. The van der Waals surface area contributed by atoms with Gasteiger partial charge in [0.1, 0.15) is 0 Å². The van der Waals surface area contributed by atoms with Crippen molar-refractivity contribution in [3.05, 3.63) is 35.9 Å². The predicted octanol–water partition coefficient (Wildman–Crippen LogP) is 3.24. The van der Waals surface area contributed by atoms with Gasteiger partial charge in [-0.2, -0.15) is 0 Å². The molecule has 114 valence electrons. The van der Waals surface area contributed by atoms with Crippen LogP contribution in [0.3, 0.4) is 0 Å². The molecule has 1 heterocycles. The number of hydrogen-bond donors (Lipinski definition) is 1. The summed E-state index contributed by atoms with van der Waals surface area (Å²) in [4.78, 5) is 12.7. The molecule has 3 nitrogen and oxygen atoms in total. The number of nitrogens with one attached hydrogen (secondary N) is 1. The molecule has 0 unspecified atom stereocenters. The van der Waals surface area contributed by atoms with Crippen molar-refractivity contribution in [3.8, 4) is 0 Å². The first-order valence-corrected chi connectivity index (χ1v) is 8.05. The number of rotatable bonds is 4. The monoisotopic (exact) mass is 287 g/mol. The summed E-state index contributed by atoms with van der Waals surface area (Å²) in [5.74, 6) is 0.418. The molecule has 1 aliphatic carbocycles. The summed E-state index contributed by atoms with van der Waals surface area (Å²) in [6, 6.07) is 10.3. The summed E-state index contributed by atoms with van der Waals surface area (Å²) >= 11 is 0. The first-order valence-electron chi connectivity index (χ1n) is 8.05. The molecule has 1 spiro atoms. The van der Waals surface area contributed by atoms with Gasteiger partial charge in [-0.15, -0.1) is 0 Å². The Bertz CT molecular complexity index is 507. The maximum absolute atomic E-state index is 12.7. The zero-order valence-electron chi connectivity index (χ0n) is 13.0. The minimum atomic E-state index is -0.271. The lowest BCUT2D eigenvalue weighted by Crippen LogP contribution is -2.44. The summed E-state index contributed by atoms with van der Waals surface area (Å²) < 4.78 is 5.43. The molecule has 0 radical (unpaired) electrons. The van der Waals surface area contributed by atoms with Crippen molar-refractivity contribution in [1.82, 2.24) is 5.32 Å². The minimum absolute atomic E-state index is 0.191. The van der Waals surface area contributed by atoms with E-state index in [0.29, 0.717) is 0 Å². The molecule has 2 atom stereocenters. The van der Waals surface area contributed by atoms with Gasteiger partial charge in [-0.1, -0.05) is 37.3 Å². The molecule has 2 aliphatic rings. The highest BCUT2D eigenvalue weighted by molar-refractivity contribution is 5.83. The maximum Gasteiger partial charge on any atom is 0.224 e. The van der Waals surface area contributed by atoms with Crippen molar-refractivity contribution in [2.45, 2.75) is 45.1 Å². The molecule has 1 saturated carbocycles. The van der Waals surface area contributed by atoms with Crippen LogP contribution in [0.5, 0.6) is 0 Å². The normalized spacial score (nSPS) is 26.1.